The van der Waals surface area contributed by atoms with Crippen LogP contribution >= 0.6 is 0 Å². The zero-order valence-corrected chi connectivity index (χ0v) is 19.2. The van der Waals surface area contributed by atoms with Crippen molar-refractivity contribution in [3.8, 4) is 0 Å². The van der Waals surface area contributed by atoms with Crippen molar-refractivity contribution in [1.29, 1.82) is 0 Å². The fraction of sp³-hybridized carbons (Fsp3) is 0.462. The lowest BCUT2D eigenvalue weighted by atomic mass is 9.95. The summed E-state index contributed by atoms with van der Waals surface area (Å²) in [6, 6.07) is 9.60. The standard InChI is InChI=1S/C26H30N4O4/c31-23-17-28(13-14-30(23)20-9-5-2-6-10-20)26(34)22-16-29(19-11-12-19)15-21(24(22)32)25(33)27-18-7-3-1-4-8-18/h2,5-6,9-10,15-16,18-19H,1,3-4,7-8,11-14,17H2,(H,27,33). The van der Waals surface area contributed by atoms with E-state index in [1.807, 2.05) is 34.9 Å². The molecule has 0 radical (unpaired) electrons. The number of nitrogens with zero attached hydrogens (tertiary/aromatic N) is 3. The Hall–Kier alpha value is -3.42. The lowest BCUT2D eigenvalue weighted by Gasteiger charge is -2.34. The van der Waals surface area contributed by atoms with E-state index in [-0.39, 0.29) is 35.7 Å². The lowest BCUT2D eigenvalue weighted by molar-refractivity contribution is -0.120. The summed E-state index contributed by atoms with van der Waals surface area (Å²) in [5, 5.41) is 3.00. The van der Waals surface area contributed by atoms with Crippen molar-refractivity contribution >= 4 is 23.4 Å². The predicted molar refractivity (Wildman–Crippen MR) is 128 cm³/mol. The summed E-state index contributed by atoms with van der Waals surface area (Å²) in [4.78, 5) is 55.5. The molecule has 34 heavy (non-hydrogen) atoms. The molecule has 1 aromatic heterocycles. The maximum absolute atomic E-state index is 13.4. The highest BCUT2D eigenvalue weighted by Gasteiger charge is 2.32. The number of pyridine rings is 1. The highest BCUT2D eigenvalue weighted by atomic mass is 16.2. The van der Waals surface area contributed by atoms with E-state index in [1.54, 1.807) is 17.3 Å². The molecule has 2 aromatic rings. The monoisotopic (exact) mass is 462 g/mol. The Labute approximate surface area is 198 Å². The van der Waals surface area contributed by atoms with E-state index >= 15 is 0 Å². The van der Waals surface area contributed by atoms with Crippen LogP contribution in [-0.4, -0.2) is 52.9 Å². The zero-order valence-electron chi connectivity index (χ0n) is 19.2. The van der Waals surface area contributed by atoms with Gasteiger partial charge in [0.2, 0.25) is 11.3 Å². The predicted octanol–water partition coefficient (Wildman–Crippen LogP) is 2.73. The Morgan fingerprint density at radius 3 is 2.24 bits per heavy atom. The van der Waals surface area contributed by atoms with Crippen LogP contribution in [0.15, 0.2) is 47.5 Å². The van der Waals surface area contributed by atoms with Gasteiger partial charge < -0.3 is 19.7 Å². The van der Waals surface area contributed by atoms with E-state index in [4.69, 9.17) is 0 Å². The molecule has 3 amide bonds. The molecule has 5 rings (SSSR count). The first kappa shape index (κ1) is 22.4. The molecular weight excluding hydrogens is 432 g/mol. The number of hydrogen-bond donors (Lipinski definition) is 1. The average molecular weight is 463 g/mol. The van der Waals surface area contributed by atoms with Crippen molar-refractivity contribution in [3.63, 3.8) is 0 Å². The van der Waals surface area contributed by atoms with E-state index < -0.39 is 17.2 Å². The first-order valence-corrected chi connectivity index (χ1v) is 12.2. The summed E-state index contributed by atoms with van der Waals surface area (Å²) in [6.45, 7) is 0.573. The highest BCUT2D eigenvalue weighted by Crippen LogP contribution is 2.34. The zero-order chi connectivity index (χ0) is 23.7. The molecule has 3 fully saturated rings. The first-order valence-electron chi connectivity index (χ1n) is 12.2. The van der Waals surface area contributed by atoms with E-state index in [1.165, 1.54) is 11.3 Å². The van der Waals surface area contributed by atoms with Gasteiger partial charge >= 0.3 is 0 Å². The minimum Gasteiger partial charge on any atom is -0.349 e. The van der Waals surface area contributed by atoms with Gasteiger partial charge in [-0.25, -0.2) is 0 Å². The molecule has 2 heterocycles. The second-order valence-corrected chi connectivity index (χ2v) is 9.51. The summed E-state index contributed by atoms with van der Waals surface area (Å²) >= 11 is 0. The largest absolute Gasteiger partial charge is 0.349 e. The molecular formula is C26H30N4O4. The molecule has 1 aliphatic heterocycles. The van der Waals surface area contributed by atoms with Gasteiger partial charge in [0.05, 0.1) is 0 Å². The summed E-state index contributed by atoms with van der Waals surface area (Å²) in [7, 11) is 0. The number of piperazine rings is 1. The van der Waals surface area contributed by atoms with Gasteiger partial charge in [0.1, 0.15) is 17.7 Å². The molecule has 1 saturated heterocycles. The molecule has 0 atom stereocenters. The molecule has 3 aliphatic rings. The molecule has 0 unspecified atom stereocenters. The van der Waals surface area contributed by atoms with Gasteiger partial charge in [-0.05, 0) is 37.8 Å². The number of aromatic nitrogens is 1. The number of para-hydroxylation sites is 1. The average Bonchev–Trinajstić information content (AvgIpc) is 3.70. The van der Waals surface area contributed by atoms with Crippen LogP contribution < -0.4 is 15.6 Å². The fourth-order valence-corrected chi connectivity index (χ4v) is 4.90. The molecule has 0 spiro atoms. The molecule has 8 nitrogen and oxygen atoms in total. The van der Waals surface area contributed by atoms with Crippen molar-refractivity contribution < 1.29 is 14.4 Å². The van der Waals surface area contributed by atoms with Crippen LogP contribution in [0.5, 0.6) is 0 Å². The van der Waals surface area contributed by atoms with Gasteiger partial charge in [0.15, 0.2) is 0 Å². The Morgan fingerprint density at radius 2 is 1.56 bits per heavy atom. The second-order valence-electron chi connectivity index (χ2n) is 9.51. The third-order valence-electron chi connectivity index (χ3n) is 7.01. The normalized spacial score (nSPS) is 19.2. The Morgan fingerprint density at radius 1 is 0.853 bits per heavy atom. The smallest absolute Gasteiger partial charge is 0.259 e. The van der Waals surface area contributed by atoms with Gasteiger partial charge in [-0.2, -0.15) is 0 Å². The molecule has 2 saturated carbocycles. The number of anilines is 1. The molecule has 178 valence electrons. The number of benzene rings is 1. The fourth-order valence-electron chi connectivity index (χ4n) is 4.90. The number of hydrogen-bond acceptors (Lipinski definition) is 4. The van der Waals surface area contributed by atoms with Gasteiger partial charge in [-0.3, -0.25) is 19.2 Å². The van der Waals surface area contributed by atoms with Crippen molar-refractivity contribution in [2.75, 3.05) is 24.5 Å². The van der Waals surface area contributed by atoms with Crippen LogP contribution in [0, 0.1) is 0 Å². The number of carbonyl (C=O) groups is 3. The summed E-state index contributed by atoms with van der Waals surface area (Å²) in [5.41, 5.74) is 0.201. The number of carbonyl (C=O) groups excluding carboxylic acids is 3. The highest BCUT2D eigenvalue weighted by molar-refractivity contribution is 6.03. The quantitative estimate of drug-likeness (QED) is 0.740. The second kappa shape index (κ2) is 9.44. The van der Waals surface area contributed by atoms with E-state index in [9.17, 15) is 19.2 Å². The lowest BCUT2D eigenvalue weighted by Crippen LogP contribution is -2.53. The van der Waals surface area contributed by atoms with Gasteiger partial charge in [0.25, 0.3) is 11.8 Å². The van der Waals surface area contributed by atoms with Crippen LogP contribution in [0.1, 0.15) is 71.7 Å². The third-order valence-corrected chi connectivity index (χ3v) is 7.01. The summed E-state index contributed by atoms with van der Waals surface area (Å²) in [6.07, 6.45) is 10.2. The Bertz CT molecular complexity index is 1150. The Balaban J connectivity index is 1.37. The van der Waals surface area contributed by atoms with Crippen LogP contribution in [0.3, 0.4) is 0 Å². The molecule has 2 aliphatic carbocycles. The number of amides is 3. The van der Waals surface area contributed by atoms with Crippen molar-refractivity contribution in [3.05, 3.63) is 64.1 Å². The molecule has 1 N–H and O–H groups in total. The van der Waals surface area contributed by atoms with Crippen molar-refractivity contribution in [1.82, 2.24) is 14.8 Å². The number of nitrogens with one attached hydrogen (secondary N) is 1. The van der Waals surface area contributed by atoms with Crippen LogP contribution in [0.25, 0.3) is 0 Å². The van der Waals surface area contributed by atoms with Crippen molar-refractivity contribution in [2.45, 2.75) is 57.0 Å². The van der Waals surface area contributed by atoms with E-state index in [0.717, 1.165) is 44.2 Å². The molecule has 0 bridgehead atoms. The maximum Gasteiger partial charge on any atom is 0.259 e. The van der Waals surface area contributed by atoms with Gasteiger partial charge in [-0.1, -0.05) is 37.5 Å². The summed E-state index contributed by atoms with van der Waals surface area (Å²) < 4.78 is 1.83. The maximum atomic E-state index is 13.4. The minimum atomic E-state index is -0.562. The van der Waals surface area contributed by atoms with Crippen LogP contribution in [0.4, 0.5) is 5.69 Å². The first-order chi connectivity index (χ1) is 16.5. The minimum absolute atomic E-state index is 0.0116. The third kappa shape index (κ3) is 4.62. The van der Waals surface area contributed by atoms with Gasteiger partial charge in [-0.15, -0.1) is 0 Å². The van der Waals surface area contributed by atoms with Crippen LogP contribution in [-0.2, 0) is 4.79 Å². The Kier molecular flexibility index (Phi) is 6.22. The van der Waals surface area contributed by atoms with Crippen LogP contribution in [0.2, 0.25) is 0 Å². The topological polar surface area (TPSA) is 91.7 Å². The van der Waals surface area contributed by atoms with E-state index in [0.29, 0.717) is 13.1 Å². The van der Waals surface area contributed by atoms with Gasteiger partial charge in [0, 0.05) is 43.3 Å². The van der Waals surface area contributed by atoms with E-state index in [2.05, 4.69) is 5.32 Å². The SMILES string of the molecule is O=C(NC1CCCCC1)c1cn(C2CC2)cc(C(=O)N2CCN(c3ccccc3)C(=O)C2)c1=O. The number of rotatable bonds is 5. The van der Waals surface area contributed by atoms with Crippen molar-refractivity contribution in [2.24, 2.45) is 0 Å². The molecule has 1 aromatic carbocycles. The summed E-state index contributed by atoms with van der Waals surface area (Å²) in [5.74, 6) is -1.10. The molecule has 8 heteroatoms.